The van der Waals surface area contributed by atoms with Crippen LogP contribution in [0.2, 0.25) is 0 Å². The first-order valence-corrected chi connectivity index (χ1v) is 13.0. The number of aryl methyl sites for hydroxylation is 1. The van der Waals surface area contributed by atoms with Crippen molar-refractivity contribution in [3.63, 3.8) is 0 Å². The van der Waals surface area contributed by atoms with Crippen molar-refractivity contribution in [2.75, 3.05) is 13.2 Å². The third kappa shape index (κ3) is 5.02. The highest BCUT2D eigenvalue weighted by Crippen LogP contribution is 2.59. The molecular formula is C22H26N5O9P. The van der Waals surface area contributed by atoms with Crippen LogP contribution in [0.5, 0.6) is 0 Å². The van der Waals surface area contributed by atoms with Crippen LogP contribution in [0.1, 0.15) is 43.7 Å². The molecule has 1 unspecified atom stereocenters. The molecule has 3 aliphatic heterocycles. The Labute approximate surface area is 210 Å². The number of phosphoric acid groups is 1. The quantitative estimate of drug-likeness (QED) is 0.252. The predicted molar refractivity (Wildman–Crippen MR) is 126 cm³/mol. The molecule has 0 aliphatic carbocycles. The molecule has 2 aromatic rings. The maximum absolute atomic E-state index is 13.4. The van der Waals surface area contributed by atoms with Gasteiger partial charge >= 0.3 is 13.5 Å². The molecule has 3 aliphatic rings. The first-order chi connectivity index (χ1) is 17.5. The fourth-order valence-corrected chi connectivity index (χ4v) is 6.09. The molecule has 1 N–H and O–H groups in total. The van der Waals surface area contributed by atoms with Gasteiger partial charge in [0.1, 0.15) is 12.2 Å². The van der Waals surface area contributed by atoms with Crippen molar-refractivity contribution in [1.29, 1.82) is 0 Å². The molecule has 0 spiro atoms. The van der Waals surface area contributed by atoms with Crippen LogP contribution in [-0.2, 0) is 32.3 Å². The van der Waals surface area contributed by atoms with E-state index in [-0.39, 0.29) is 6.61 Å². The van der Waals surface area contributed by atoms with Crippen LogP contribution in [0.15, 0.2) is 51.2 Å². The highest BCUT2D eigenvalue weighted by atomic mass is 31.2. The van der Waals surface area contributed by atoms with E-state index in [4.69, 9.17) is 27.8 Å². The number of hydrogen-bond donors (Lipinski definition) is 1. The van der Waals surface area contributed by atoms with Gasteiger partial charge < -0.3 is 14.2 Å². The maximum atomic E-state index is 13.4. The summed E-state index contributed by atoms with van der Waals surface area (Å²) in [5.74, 6) is -1.14. The molecule has 1 aromatic carbocycles. The lowest BCUT2D eigenvalue weighted by Gasteiger charge is -2.33. The summed E-state index contributed by atoms with van der Waals surface area (Å²) in [6.45, 7) is 4.73. The fourth-order valence-electron chi connectivity index (χ4n) is 4.68. The molecule has 4 heterocycles. The molecule has 1 aromatic heterocycles. The van der Waals surface area contributed by atoms with Crippen molar-refractivity contribution in [2.24, 2.45) is 5.11 Å². The molecule has 15 heteroatoms. The molecule has 6 atom stereocenters. The SMILES string of the molecule is Cc1cccc([C@@H]2CCO[P@](=O)(OC[C@@]3(N=[N+]=[N-])OC(n4ccc(=O)[nH]c4=O)[C@@H]4OC(C)(C)O[C@@H]43)O2)c1. The third-order valence-electron chi connectivity index (χ3n) is 6.25. The molecule has 37 heavy (non-hydrogen) atoms. The second-order valence-electron chi connectivity index (χ2n) is 9.43. The average molecular weight is 535 g/mol. The minimum absolute atomic E-state index is 0.110. The van der Waals surface area contributed by atoms with Crippen molar-refractivity contribution in [1.82, 2.24) is 9.55 Å². The summed E-state index contributed by atoms with van der Waals surface area (Å²) < 4.78 is 49.3. The molecule has 198 valence electrons. The number of aromatic amines is 1. The summed E-state index contributed by atoms with van der Waals surface area (Å²) in [5, 5.41) is 3.80. The lowest BCUT2D eigenvalue weighted by atomic mass is 10.0. The zero-order chi connectivity index (χ0) is 26.4. The Kier molecular flexibility index (Phi) is 6.63. The van der Waals surface area contributed by atoms with Gasteiger partial charge in [-0.1, -0.05) is 34.9 Å². The summed E-state index contributed by atoms with van der Waals surface area (Å²) in [4.78, 5) is 29.1. The number of benzene rings is 1. The van der Waals surface area contributed by atoms with Gasteiger partial charge in [0.25, 0.3) is 5.56 Å². The van der Waals surface area contributed by atoms with E-state index in [2.05, 4.69) is 15.0 Å². The molecule has 0 saturated carbocycles. The number of nitrogens with zero attached hydrogens (tertiary/aromatic N) is 4. The molecule has 5 rings (SSSR count). The van der Waals surface area contributed by atoms with Crippen LogP contribution in [0, 0.1) is 6.92 Å². The number of nitrogens with one attached hydrogen (secondary N) is 1. The number of phosphoric ester groups is 1. The van der Waals surface area contributed by atoms with E-state index in [1.165, 1.54) is 6.20 Å². The zero-order valence-corrected chi connectivity index (χ0v) is 21.2. The number of H-pyrrole nitrogens is 1. The van der Waals surface area contributed by atoms with Crippen molar-refractivity contribution in [3.05, 3.63) is 78.9 Å². The summed E-state index contributed by atoms with van der Waals surface area (Å²) in [5.41, 5.74) is 7.94. The van der Waals surface area contributed by atoms with Gasteiger partial charge in [-0.15, -0.1) is 0 Å². The van der Waals surface area contributed by atoms with Crippen molar-refractivity contribution in [3.8, 4) is 0 Å². The van der Waals surface area contributed by atoms with Gasteiger partial charge in [-0.25, -0.2) is 9.36 Å². The highest BCUT2D eigenvalue weighted by Gasteiger charge is 2.64. The zero-order valence-electron chi connectivity index (χ0n) is 20.3. The molecule has 3 fully saturated rings. The van der Waals surface area contributed by atoms with Crippen molar-refractivity contribution in [2.45, 2.75) is 63.2 Å². The number of aromatic nitrogens is 2. The fraction of sp³-hybridized carbons (Fsp3) is 0.545. The van der Waals surface area contributed by atoms with Gasteiger partial charge in [0.15, 0.2) is 12.0 Å². The first kappa shape index (κ1) is 25.8. The van der Waals surface area contributed by atoms with Crippen molar-refractivity contribution < 1.29 is 32.3 Å². The summed E-state index contributed by atoms with van der Waals surface area (Å²) in [6.07, 6.45) is -2.02. The van der Waals surface area contributed by atoms with Gasteiger partial charge in [-0.05, 0) is 31.9 Å². The van der Waals surface area contributed by atoms with E-state index in [1.807, 2.05) is 31.2 Å². The van der Waals surface area contributed by atoms with Gasteiger partial charge in [0.2, 0.25) is 5.72 Å². The maximum Gasteiger partial charge on any atom is 0.475 e. The van der Waals surface area contributed by atoms with Gasteiger partial charge in [-0.2, -0.15) is 0 Å². The second-order valence-corrected chi connectivity index (χ2v) is 11.1. The molecule has 0 amide bonds. The molecule has 0 bridgehead atoms. The van der Waals surface area contributed by atoms with E-state index in [1.54, 1.807) is 13.8 Å². The van der Waals surface area contributed by atoms with Gasteiger partial charge in [-0.3, -0.25) is 27.9 Å². The Morgan fingerprint density at radius 1 is 1.27 bits per heavy atom. The van der Waals surface area contributed by atoms with E-state index in [0.717, 1.165) is 21.8 Å². The van der Waals surface area contributed by atoms with Crippen LogP contribution in [0.3, 0.4) is 0 Å². The second kappa shape index (κ2) is 9.50. The summed E-state index contributed by atoms with van der Waals surface area (Å²) >= 11 is 0. The van der Waals surface area contributed by atoms with Crippen LogP contribution in [0.4, 0.5) is 0 Å². The molecule has 14 nitrogen and oxygen atoms in total. The average Bonchev–Trinajstić information content (AvgIpc) is 3.30. The number of ether oxygens (including phenoxy) is 3. The number of fused-ring (bicyclic) bond motifs is 1. The van der Waals surface area contributed by atoms with Crippen molar-refractivity contribution >= 4 is 7.82 Å². The van der Waals surface area contributed by atoms with Crippen LogP contribution in [-0.4, -0.2) is 46.5 Å². The smallest absolute Gasteiger partial charge is 0.341 e. The largest absolute Gasteiger partial charge is 0.475 e. The Morgan fingerprint density at radius 3 is 2.81 bits per heavy atom. The van der Waals surface area contributed by atoms with E-state index in [9.17, 15) is 19.7 Å². The molecular weight excluding hydrogens is 509 g/mol. The first-order valence-electron chi connectivity index (χ1n) is 11.6. The van der Waals surface area contributed by atoms with Crippen LogP contribution in [0.25, 0.3) is 10.4 Å². The normalized spacial score (nSPS) is 34.6. The van der Waals surface area contributed by atoms with E-state index < -0.39 is 61.7 Å². The van der Waals surface area contributed by atoms with E-state index in [0.29, 0.717) is 6.42 Å². The number of hydrogen-bond acceptors (Lipinski definition) is 10. The van der Waals surface area contributed by atoms with E-state index >= 15 is 0 Å². The lowest BCUT2D eigenvalue weighted by Crippen LogP contribution is -2.45. The van der Waals surface area contributed by atoms with Gasteiger partial charge in [0.05, 0.1) is 19.3 Å². The van der Waals surface area contributed by atoms with Gasteiger partial charge in [0, 0.05) is 23.6 Å². The summed E-state index contributed by atoms with van der Waals surface area (Å²) in [6, 6.07) is 8.73. The Bertz CT molecular complexity index is 1400. The standard InChI is InChI=1S/C22H26N5O9P/c1-13-5-4-6-14(11-13)15-8-10-31-37(30,36-15)32-12-22(25-26-23)18-17(33-21(2,3)34-18)19(35-22)27-9-7-16(28)24-20(27)29/h4-7,9,11,15,17-19H,8,10,12H2,1-3H3,(H,24,28,29)/t15-,17+,18-,19?,22+,37+/m0/s1. The topological polar surface area (TPSA) is 176 Å². The number of rotatable bonds is 6. The number of azide groups is 1. The Balaban J connectivity index is 1.43. The monoisotopic (exact) mass is 535 g/mol. The highest BCUT2D eigenvalue weighted by molar-refractivity contribution is 7.48. The summed E-state index contributed by atoms with van der Waals surface area (Å²) in [7, 11) is -4.12. The minimum Gasteiger partial charge on any atom is -0.341 e. The third-order valence-corrected chi connectivity index (χ3v) is 7.70. The minimum atomic E-state index is -4.12. The predicted octanol–water partition coefficient (Wildman–Crippen LogP) is 3.20. The Morgan fingerprint density at radius 2 is 2.08 bits per heavy atom. The molecule has 3 saturated heterocycles. The van der Waals surface area contributed by atoms with Crippen LogP contribution >= 0.6 is 7.82 Å². The van der Waals surface area contributed by atoms with Crippen LogP contribution < -0.4 is 11.2 Å². The lowest BCUT2D eigenvalue weighted by molar-refractivity contribution is -0.225. The Hall–Kier alpha value is -2.80. The molecule has 0 radical (unpaired) electrons.